The number of amides is 1. The van der Waals surface area contributed by atoms with Crippen molar-refractivity contribution in [2.45, 2.75) is 17.7 Å². The second-order valence-electron chi connectivity index (χ2n) is 5.51. The lowest BCUT2D eigenvalue weighted by molar-refractivity contribution is -0.118. The van der Waals surface area contributed by atoms with Crippen LogP contribution in [0.1, 0.15) is 17.5 Å². The van der Waals surface area contributed by atoms with Gasteiger partial charge in [0.25, 0.3) is 10.0 Å². The highest BCUT2D eigenvalue weighted by atomic mass is 32.2. The number of carbonyl (C=O) groups is 1. The Kier molecular flexibility index (Phi) is 3.99. The number of hydrogen-bond donors (Lipinski definition) is 1. The second-order valence-corrected chi connectivity index (χ2v) is 7.16. The Morgan fingerprint density at radius 1 is 1.17 bits per heavy atom. The number of nitrogens with zero attached hydrogens (tertiary/aromatic N) is 2. The molecule has 0 saturated heterocycles. The van der Waals surface area contributed by atoms with E-state index in [1.54, 1.807) is 42.3 Å². The summed E-state index contributed by atoms with van der Waals surface area (Å²) in [6, 6.07) is 13.0. The molecule has 0 saturated carbocycles. The smallest absolute Gasteiger partial charge is 0.263 e. The summed E-state index contributed by atoms with van der Waals surface area (Å²) >= 11 is 0. The van der Waals surface area contributed by atoms with Gasteiger partial charge < -0.3 is 4.90 Å². The molecule has 1 N–H and O–H groups in total. The third-order valence-electron chi connectivity index (χ3n) is 3.97. The Balaban J connectivity index is 1.94. The van der Waals surface area contributed by atoms with Gasteiger partial charge >= 0.3 is 0 Å². The molecule has 6 nitrogen and oxygen atoms in total. The van der Waals surface area contributed by atoms with Gasteiger partial charge in [-0.1, -0.05) is 12.1 Å². The predicted molar refractivity (Wildman–Crippen MR) is 90.1 cm³/mol. The van der Waals surface area contributed by atoms with Crippen LogP contribution in [0.5, 0.6) is 0 Å². The van der Waals surface area contributed by atoms with Crippen molar-refractivity contribution >= 4 is 27.3 Å². The highest BCUT2D eigenvalue weighted by Crippen LogP contribution is 2.30. The number of hydrogen-bond acceptors (Lipinski definition) is 4. The Labute approximate surface area is 140 Å². The molecule has 1 aliphatic rings. The Morgan fingerprint density at radius 3 is 2.67 bits per heavy atom. The van der Waals surface area contributed by atoms with Gasteiger partial charge in [-0.15, -0.1) is 0 Å². The first-order chi connectivity index (χ1) is 11.4. The van der Waals surface area contributed by atoms with Crippen molar-refractivity contribution in [2.24, 2.45) is 0 Å². The molecule has 2 aromatic carbocycles. The van der Waals surface area contributed by atoms with Gasteiger partial charge in [-0.2, -0.15) is 5.26 Å². The first-order valence-electron chi connectivity index (χ1n) is 7.34. The number of nitrogens with one attached hydrogen (secondary N) is 1. The molecule has 0 aliphatic carbocycles. The molecule has 0 aromatic heterocycles. The number of carbonyl (C=O) groups excluding carboxylic acids is 1. The van der Waals surface area contributed by atoms with E-state index < -0.39 is 10.0 Å². The zero-order valence-corrected chi connectivity index (χ0v) is 13.8. The van der Waals surface area contributed by atoms with Crippen LogP contribution in [0.4, 0.5) is 11.4 Å². The van der Waals surface area contributed by atoms with Crippen molar-refractivity contribution in [3.63, 3.8) is 0 Å². The Bertz CT molecular complexity index is 961. The van der Waals surface area contributed by atoms with E-state index in [1.165, 1.54) is 12.1 Å². The number of sulfonamides is 1. The summed E-state index contributed by atoms with van der Waals surface area (Å²) in [5.74, 6) is 0.0405. The van der Waals surface area contributed by atoms with Gasteiger partial charge in [0.05, 0.1) is 5.56 Å². The molecule has 0 bridgehead atoms. The van der Waals surface area contributed by atoms with Crippen molar-refractivity contribution in [1.29, 1.82) is 5.26 Å². The number of nitriles is 1. The van der Waals surface area contributed by atoms with E-state index in [9.17, 15) is 13.2 Å². The van der Waals surface area contributed by atoms with Crippen LogP contribution in [0.25, 0.3) is 0 Å². The van der Waals surface area contributed by atoms with E-state index in [-0.39, 0.29) is 16.4 Å². The number of rotatable bonds is 3. The molecule has 3 rings (SSSR count). The minimum Gasteiger partial charge on any atom is -0.315 e. The molecule has 0 radical (unpaired) electrons. The summed E-state index contributed by atoms with van der Waals surface area (Å²) < 4.78 is 27.6. The lowest BCUT2D eigenvalue weighted by Gasteiger charge is -2.26. The quantitative estimate of drug-likeness (QED) is 0.927. The fourth-order valence-corrected chi connectivity index (χ4v) is 3.93. The van der Waals surface area contributed by atoms with Crippen LogP contribution in [-0.4, -0.2) is 21.4 Å². The molecular weight excluding hydrogens is 326 g/mol. The van der Waals surface area contributed by atoms with Crippen molar-refractivity contribution in [2.75, 3.05) is 16.7 Å². The number of anilines is 2. The lowest BCUT2D eigenvalue weighted by atomic mass is 10.0. The Morgan fingerprint density at radius 2 is 1.92 bits per heavy atom. The van der Waals surface area contributed by atoms with E-state index in [0.29, 0.717) is 18.5 Å². The number of fused-ring (bicyclic) bond motifs is 1. The summed E-state index contributed by atoms with van der Waals surface area (Å²) in [6.07, 6.45) is 0.972. The van der Waals surface area contributed by atoms with Crippen molar-refractivity contribution in [1.82, 2.24) is 0 Å². The van der Waals surface area contributed by atoms with E-state index >= 15 is 0 Å². The maximum atomic E-state index is 12.5. The third-order valence-corrected chi connectivity index (χ3v) is 5.41. The summed E-state index contributed by atoms with van der Waals surface area (Å²) in [4.78, 5) is 13.2. The average Bonchev–Trinajstić information content (AvgIpc) is 2.58. The van der Waals surface area contributed by atoms with Crippen LogP contribution >= 0.6 is 0 Å². The normalized spacial score (nSPS) is 14.0. The van der Waals surface area contributed by atoms with Gasteiger partial charge in [0.15, 0.2) is 0 Å². The van der Waals surface area contributed by atoms with Crippen molar-refractivity contribution in [3.05, 3.63) is 53.6 Å². The molecular formula is C17H15N3O3S. The SMILES string of the molecule is CN1C(=O)CCc2cc(NS(=O)(=O)c3ccccc3C#N)ccc21. The summed E-state index contributed by atoms with van der Waals surface area (Å²) in [6.45, 7) is 0. The maximum Gasteiger partial charge on any atom is 0.263 e. The summed E-state index contributed by atoms with van der Waals surface area (Å²) in [7, 11) is -2.16. The molecule has 0 fully saturated rings. The highest BCUT2D eigenvalue weighted by Gasteiger charge is 2.23. The lowest BCUT2D eigenvalue weighted by Crippen LogP contribution is -2.31. The van der Waals surface area contributed by atoms with Crippen LogP contribution in [-0.2, 0) is 21.2 Å². The zero-order valence-electron chi connectivity index (χ0n) is 13.0. The van der Waals surface area contributed by atoms with Gasteiger partial charge in [0.1, 0.15) is 11.0 Å². The molecule has 1 aliphatic heterocycles. The van der Waals surface area contributed by atoms with Gasteiger partial charge in [0, 0.05) is 24.8 Å². The molecule has 0 unspecified atom stereocenters. The summed E-state index contributed by atoms with van der Waals surface area (Å²) in [5, 5.41) is 9.08. The van der Waals surface area contributed by atoms with Crippen LogP contribution in [0, 0.1) is 11.3 Å². The van der Waals surface area contributed by atoms with Crippen LogP contribution in [0.15, 0.2) is 47.4 Å². The van der Waals surface area contributed by atoms with E-state index in [1.807, 2.05) is 6.07 Å². The first-order valence-corrected chi connectivity index (χ1v) is 8.82. The van der Waals surface area contributed by atoms with Crippen LogP contribution in [0.3, 0.4) is 0 Å². The van der Waals surface area contributed by atoms with Gasteiger partial charge in [0.2, 0.25) is 5.91 Å². The van der Waals surface area contributed by atoms with Gasteiger partial charge in [-0.05, 0) is 42.3 Å². The minimum atomic E-state index is -3.86. The summed E-state index contributed by atoms with van der Waals surface area (Å²) in [5.41, 5.74) is 2.19. The molecule has 0 spiro atoms. The second kappa shape index (κ2) is 5.98. The Hall–Kier alpha value is -2.85. The number of aryl methyl sites for hydroxylation is 1. The highest BCUT2D eigenvalue weighted by molar-refractivity contribution is 7.92. The number of benzene rings is 2. The molecule has 0 atom stereocenters. The molecule has 7 heteroatoms. The first kappa shape index (κ1) is 16.0. The van der Waals surface area contributed by atoms with E-state index in [2.05, 4.69) is 4.72 Å². The van der Waals surface area contributed by atoms with Crippen molar-refractivity contribution < 1.29 is 13.2 Å². The molecule has 1 heterocycles. The standard InChI is InChI=1S/C17H15N3O3S/c1-20-15-8-7-14(10-12(15)6-9-17(20)21)19-24(22,23)16-5-3-2-4-13(16)11-18/h2-5,7-8,10,19H,6,9H2,1H3. The molecule has 1 amide bonds. The monoisotopic (exact) mass is 341 g/mol. The van der Waals surface area contributed by atoms with Crippen molar-refractivity contribution in [3.8, 4) is 6.07 Å². The predicted octanol–water partition coefficient (Wildman–Crippen LogP) is 2.27. The molecule has 122 valence electrons. The fourth-order valence-electron chi connectivity index (χ4n) is 2.72. The third kappa shape index (κ3) is 2.84. The largest absolute Gasteiger partial charge is 0.315 e. The van der Waals surface area contributed by atoms with Crippen LogP contribution in [0.2, 0.25) is 0 Å². The average molecular weight is 341 g/mol. The van der Waals surface area contributed by atoms with Crippen LogP contribution < -0.4 is 9.62 Å². The minimum absolute atomic E-state index is 0.0405. The topological polar surface area (TPSA) is 90.3 Å². The van der Waals surface area contributed by atoms with E-state index in [0.717, 1.165) is 11.3 Å². The van der Waals surface area contributed by atoms with Gasteiger partial charge in [-0.25, -0.2) is 8.42 Å². The molecule has 24 heavy (non-hydrogen) atoms. The van der Waals surface area contributed by atoms with Gasteiger partial charge in [-0.3, -0.25) is 9.52 Å². The zero-order chi connectivity index (χ0) is 17.3. The molecule has 2 aromatic rings. The fraction of sp³-hybridized carbons (Fsp3) is 0.176. The van der Waals surface area contributed by atoms with E-state index in [4.69, 9.17) is 5.26 Å². The maximum absolute atomic E-state index is 12.5.